The van der Waals surface area contributed by atoms with Crippen molar-refractivity contribution in [2.75, 3.05) is 7.11 Å². The van der Waals surface area contributed by atoms with Gasteiger partial charge in [-0.2, -0.15) is 4.98 Å². The van der Waals surface area contributed by atoms with E-state index in [-0.39, 0.29) is 0 Å². The number of rotatable bonds is 2. The first kappa shape index (κ1) is 12.2. The number of nitrogens with one attached hydrogen (secondary N) is 1. The number of pyridine rings is 1. The van der Waals surface area contributed by atoms with Crippen molar-refractivity contribution in [1.29, 1.82) is 0 Å². The Hall–Kier alpha value is -1.88. The summed E-state index contributed by atoms with van der Waals surface area (Å²) in [6.45, 7) is 2.06. The minimum absolute atomic E-state index is 0.563. The number of hydrogen-bond donors (Lipinski definition) is 1. The fourth-order valence-electron chi connectivity index (χ4n) is 1.93. The van der Waals surface area contributed by atoms with Crippen LogP contribution in [-0.2, 0) is 0 Å². The van der Waals surface area contributed by atoms with Gasteiger partial charge in [0, 0.05) is 16.1 Å². The third-order valence-corrected chi connectivity index (χ3v) is 3.57. The highest BCUT2D eigenvalue weighted by atomic mass is 79.9. The molecule has 3 rings (SSSR count). The number of imidazole rings is 1. The van der Waals surface area contributed by atoms with Crippen molar-refractivity contribution in [2.45, 2.75) is 6.92 Å². The third-order valence-electron chi connectivity index (χ3n) is 2.91. The molecule has 5 heteroatoms. The number of aromatic amines is 1. The second-order valence-electron chi connectivity index (χ2n) is 4.29. The van der Waals surface area contributed by atoms with Gasteiger partial charge in [0.2, 0.25) is 5.88 Å². The maximum atomic E-state index is 5.10. The van der Waals surface area contributed by atoms with Gasteiger partial charge in [-0.15, -0.1) is 0 Å². The first-order valence-electron chi connectivity index (χ1n) is 5.84. The molecule has 4 nitrogen and oxygen atoms in total. The van der Waals surface area contributed by atoms with E-state index in [9.17, 15) is 0 Å². The van der Waals surface area contributed by atoms with Crippen molar-refractivity contribution in [2.24, 2.45) is 0 Å². The zero-order chi connectivity index (χ0) is 13.4. The van der Waals surface area contributed by atoms with Gasteiger partial charge in [-0.25, -0.2) is 4.98 Å². The van der Waals surface area contributed by atoms with Crippen LogP contribution in [-0.4, -0.2) is 22.1 Å². The highest BCUT2D eigenvalue weighted by Gasteiger charge is 2.10. The molecule has 0 amide bonds. The molecule has 19 heavy (non-hydrogen) atoms. The largest absolute Gasteiger partial charge is 0.481 e. The zero-order valence-electron chi connectivity index (χ0n) is 10.6. The number of methoxy groups -OCH3 is 1. The van der Waals surface area contributed by atoms with Gasteiger partial charge in [0.15, 0.2) is 5.65 Å². The Morgan fingerprint density at radius 3 is 2.74 bits per heavy atom. The summed E-state index contributed by atoms with van der Waals surface area (Å²) in [6.07, 6.45) is 0. The number of aromatic nitrogens is 3. The topological polar surface area (TPSA) is 50.8 Å². The van der Waals surface area contributed by atoms with E-state index in [0.29, 0.717) is 11.5 Å². The molecule has 3 aromatic rings. The Balaban J connectivity index is 2.14. The van der Waals surface area contributed by atoms with Crippen LogP contribution in [0.25, 0.3) is 22.6 Å². The van der Waals surface area contributed by atoms with Gasteiger partial charge in [0.05, 0.1) is 12.6 Å². The quantitative estimate of drug-likeness (QED) is 0.784. The molecule has 2 aromatic heterocycles. The number of hydrogen-bond acceptors (Lipinski definition) is 3. The Morgan fingerprint density at radius 2 is 2.00 bits per heavy atom. The van der Waals surface area contributed by atoms with Crippen LogP contribution >= 0.6 is 15.9 Å². The molecule has 0 spiro atoms. The van der Waals surface area contributed by atoms with Crippen LogP contribution in [0.1, 0.15) is 5.56 Å². The molecular formula is C14H12BrN3O. The van der Waals surface area contributed by atoms with Crippen LogP contribution in [0.2, 0.25) is 0 Å². The Kier molecular flexibility index (Phi) is 2.98. The predicted molar refractivity (Wildman–Crippen MR) is 78.3 cm³/mol. The summed E-state index contributed by atoms with van der Waals surface area (Å²) in [7, 11) is 1.60. The molecule has 0 saturated carbocycles. The summed E-state index contributed by atoms with van der Waals surface area (Å²) in [5.74, 6) is 1.36. The lowest BCUT2D eigenvalue weighted by Crippen LogP contribution is -1.86. The Morgan fingerprint density at radius 1 is 1.16 bits per heavy atom. The van der Waals surface area contributed by atoms with Crippen molar-refractivity contribution in [3.8, 4) is 17.3 Å². The highest BCUT2D eigenvalue weighted by molar-refractivity contribution is 9.10. The van der Waals surface area contributed by atoms with Gasteiger partial charge in [-0.3, -0.25) is 0 Å². The second kappa shape index (κ2) is 4.66. The minimum atomic E-state index is 0.563. The van der Waals surface area contributed by atoms with Gasteiger partial charge in [-0.05, 0) is 30.7 Å². The van der Waals surface area contributed by atoms with E-state index in [1.54, 1.807) is 7.11 Å². The average molecular weight is 318 g/mol. The summed E-state index contributed by atoms with van der Waals surface area (Å²) in [4.78, 5) is 12.1. The van der Waals surface area contributed by atoms with Crippen molar-refractivity contribution in [3.63, 3.8) is 0 Å². The summed E-state index contributed by atoms with van der Waals surface area (Å²) in [6, 6.07) is 9.89. The molecule has 0 bridgehead atoms. The molecule has 96 valence electrons. The maximum absolute atomic E-state index is 5.10. The fourth-order valence-corrected chi connectivity index (χ4v) is 2.61. The lowest BCUT2D eigenvalue weighted by atomic mass is 10.1. The van der Waals surface area contributed by atoms with E-state index < -0.39 is 0 Å². The lowest BCUT2D eigenvalue weighted by Gasteiger charge is -2.01. The van der Waals surface area contributed by atoms with Crippen LogP contribution in [0.3, 0.4) is 0 Å². The molecule has 1 N–H and O–H groups in total. The van der Waals surface area contributed by atoms with Crippen LogP contribution in [0.4, 0.5) is 0 Å². The van der Waals surface area contributed by atoms with Gasteiger partial charge in [0.1, 0.15) is 5.82 Å². The number of halogens is 1. The van der Waals surface area contributed by atoms with Crippen molar-refractivity contribution < 1.29 is 4.74 Å². The van der Waals surface area contributed by atoms with Gasteiger partial charge in [-0.1, -0.05) is 22.0 Å². The normalized spacial score (nSPS) is 10.9. The molecule has 0 aliphatic rings. The predicted octanol–water partition coefficient (Wildman–Crippen LogP) is 3.70. The Bertz CT molecular complexity index is 752. The molecule has 0 unspecified atom stereocenters. The number of fused-ring (bicyclic) bond motifs is 1. The van der Waals surface area contributed by atoms with Crippen LogP contribution < -0.4 is 4.74 Å². The van der Waals surface area contributed by atoms with E-state index >= 15 is 0 Å². The first-order valence-corrected chi connectivity index (χ1v) is 6.64. The minimum Gasteiger partial charge on any atom is -0.481 e. The van der Waals surface area contributed by atoms with Crippen LogP contribution in [0.15, 0.2) is 34.8 Å². The van der Waals surface area contributed by atoms with Crippen LogP contribution in [0, 0.1) is 6.92 Å². The lowest BCUT2D eigenvalue weighted by molar-refractivity contribution is 0.399. The summed E-state index contributed by atoms with van der Waals surface area (Å²) < 4.78 is 6.11. The first-order chi connectivity index (χ1) is 9.17. The van der Waals surface area contributed by atoms with Crippen molar-refractivity contribution >= 4 is 27.1 Å². The SMILES string of the molecule is COc1ccc2[nH]c(-c3ccc(C)cc3Br)nc2n1. The highest BCUT2D eigenvalue weighted by Crippen LogP contribution is 2.28. The standard InChI is InChI=1S/C14H12BrN3O/c1-8-3-4-9(10(15)7-8)13-16-11-5-6-12(19-2)17-14(11)18-13/h3-7H,1-2H3,(H,16,17,18). The molecule has 0 fully saturated rings. The molecule has 0 radical (unpaired) electrons. The molecule has 0 aliphatic heterocycles. The van der Waals surface area contributed by atoms with Crippen molar-refractivity contribution in [1.82, 2.24) is 15.0 Å². The number of benzene rings is 1. The fraction of sp³-hybridized carbons (Fsp3) is 0.143. The molecule has 0 aliphatic carbocycles. The molecule has 0 saturated heterocycles. The number of H-pyrrole nitrogens is 1. The van der Waals surface area contributed by atoms with Gasteiger partial charge >= 0.3 is 0 Å². The smallest absolute Gasteiger partial charge is 0.215 e. The van der Waals surface area contributed by atoms with E-state index in [2.05, 4.69) is 49.9 Å². The number of nitrogens with zero attached hydrogens (tertiary/aromatic N) is 2. The van der Waals surface area contributed by atoms with Gasteiger partial charge < -0.3 is 9.72 Å². The van der Waals surface area contributed by atoms with E-state index in [1.807, 2.05) is 18.2 Å². The van der Waals surface area contributed by atoms with Crippen molar-refractivity contribution in [3.05, 3.63) is 40.4 Å². The molecular weight excluding hydrogens is 306 g/mol. The summed E-state index contributed by atoms with van der Waals surface area (Å²) in [5, 5.41) is 0. The molecule has 2 heterocycles. The molecule has 1 aromatic carbocycles. The third kappa shape index (κ3) is 2.21. The monoisotopic (exact) mass is 317 g/mol. The molecule has 0 atom stereocenters. The second-order valence-corrected chi connectivity index (χ2v) is 5.15. The number of ether oxygens (including phenoxy) is 1. The maximum Gasteiger partial charge on any atom is 0.215 e. The zero-order valence-corrected chi connectivity index (χ0v) is 12.2. The van der Waals surface area contributed by atoms with E-state index in [0.717, 1.165) is 21.4 Å². The summed E-state index contributed by atoms with van der Waals surface area (Å²) >= 11 is 3.56. The van der Waals surface area contributed by atoms with E-state index in [4.69, 9.17) is 4.74 Å². The summed E-state index contributed by atoms with van der Waals surface area (Å²) in [5.41, 5.74) is 3.76. The van der Waals surface area contributed by atoms with Gasteiger partial charge in [0.25, 0.3) is 0 Å². The Labute approximate surface area is 119 Å². The average Bonchev–Trinajstić information content (AvgIpc) is 2.80. The van der Waals surface area contributed by atoms with Crippen LogP contribution in [0.5, 0.6) is 5.88 Å². The number of aryl methyl sites for hydroxylation is 1. The van der Waals surface area contributed by atoms with E-state index in [1.165, 1.54) is 5.56 Å².